The van der Waals surface area contributed by atoms with Gasteiger partial charge in [0.2, 0.25) is 11.8 Å². The van der Waals surface area contributed by atoms with Crippen LogP contribution in [0.4, 0.5) is 11.4 Å². The van der Waals surface area contributed by atoms with E-state index >= 15 is 0 Å². The molecule has 0 bridgehead atoms. The van der Waals surface area contributed by atoms with Crippen molar-refractivity contribution < 1.29 is 24.6 Å². The molecule has 1 aromatic rings. The van der Waals surface area contributed by atoms with Gasteiger partial charge in [0.1, 0.15) is 6.04 Å². The summed E-state index contributed by atoms with van der Waals surface area (Å²) in [5.74, 6) is -1.53. The third-order valence-electron chi connectivity index (χ3n) is 4.99. The molecule has 148 valence electrons. The van der Waals surface area contributed by atoms with Crippen LogP contribution in [0, 0.1) is 0 Å². The minimum atomic E-state index is -1.13. The quantitative estimate of drug-likeness (QED) is 0.550. The highest BCUT2D eigenvalue weighted by Crippen LogP contribution is 2.29. The Hall–Kier alpha value is -2.32. The van der Waals surface area contributed by atoms with E-state index in [1.54, 1.807) is 0 Å². The van der Waals surface area contributed by atoms with E-state index in [1.807, 2.05) is 24.3 Å². The van der Waals surface area contributed by atoms with Crippen LogP contribution in [-0.4, -0.2) is 52.7 Å². The first-order valence-corrected chi connectivity index (χ1v) is 8.74. The highest BCUT2D eigenvalue weighted by atomic mass is 35.5. The number of aliphatic hydroxyl groups is 1. The first-order chi connectivity index (χ1) is 12.3. The monoisotopic (exact) mass is 397 g/mol. The molecule has 3 rings (SSSR count). The summed E-state index contributed by atoms with van der Waals surface area (Å²) in [6, 6.07) is 7.18. The maximum absolute atomic E-state index is 11.8. The number of benzene rings is 1. The number of nitrogens with one attached hydrogen (secondary N) is 2. The Morgan fingerprint density at radius 3 is 2.41 bits per heavy atom. The molecule has 1 unspecified atom stereocenters. The number of aliphatic carboxylic acids is 1. The molecule has 9 heteroatoms. The summed E-state index contributed by atoms with van der Waals surface area (Å²) in [4.78, 5) is 35.9. The van der Waals surface area contributed by atoms with Crippen LogP contribution in [-0.2, 0) is 14.4 Å². The molecule has 2 fully saturated rings. The normalized spacial score (nSPS) is 21.8. The van der Waals surface area contributed by atoms with Crippen LogP contribution in [0.2, 0.25) is 0 Å². The number of halogens is 1. The van der Waals surface area contributed by atoms with Gasteiger partial charge in [0.05, 0.1) is 12.0 Å². The molecule has 2 aliphatic rings. The molecule has 0 aromatic heterocycles. The van der Waals surface area contributed by atoms with Gasteiger partial charge in [-0.2, -0.15) is 0 Å². The number of hydrogen-bond donors (Lipinski definition) is 4. The molecule has 8 nitrogen and oxygen atoms in total. The summed E-state index contributed by atoms with van der Waals surface area (Å²) in [5, 5.41) is 24.6. The number of carbonyl (C=O) groups excluding carboxylic acids is 2. The SMILES string of the molecule is Cl.O=C(O)CC1(O)CCN(c2ccc(NC3CCC(=O)NC3=O)cc2)CC1. The lowest BCUT2D eigenvalue weighted by Gasteiger charge is -2.38. The zero-order chi connectivity index (χ0) is 18.7. The standard InChI is InChI=1S/C18H23N3O5.ClH/c22-15-6-5-14(17(25)20-15)19-12-1-3-13(4-2-12)21-9-7-18(26,8-10-21)11-16(23)24;/h1-4,14,19,26H,5-11H2,(H,23,24)(H,20,22,25);1H. The lowest BCUT2D eigenvalue weighted by molar-refractivity contribution is -0.143. The van der Waals surface area contributed by atoms with Gasteiger partial charge in [0, 0.05) is 30.9 Å². The second-order valence-corrected chi connectivity index (χ2v) is 6.98. The third kappa shape index (κ3) is 5.33. The van der Waals surface area contributed by atoms with Gasteiger partial charge in [-0.3, -0.25) is 19.7 Å². The molecule has 2 aliphatic heterocycles. The molecule has 1 aromatic carbocycles. The number of carbonyl (C=O) groups is 3. The van der Waals surface area contributed by atoms with Gasteiger partial charge in [0.25, 0.3) is 0 Å². The van der Waals surface area contributed by atoms with Crippen LogP contribution >= 0.6 is 12.4 Å². The van der Waals surface area contributed by atoms with Gasteiger partial charge in [0.15, 0.2) is 0 Å². The number of amides is 2. The topological polar surface area (TPSA) is 119 Å². The second-order valence-electron chi connectivity index (χ2n) is 6.98. The summed E-state index contributed by atoms with van der Waals surface area (Å²) in [7, 11) is 0. The summed E-state index contributed by atoms with van der Waals surface area (Å²) < 4.78 is 0. The van der Waals surface area contributed by atoms with Crippen LogP contribution in [0.3, 0.4) is 0 Å². The molecule has 0 saturated carbocycles. The molecule has 2 amide bonds. The molecule has 0 aliphatic carbocycles. The van der Waals surface area contributed by atoms with Gasteiger partial charge >= 0.3 is 5.97 Å². The van der Waals surface area contributed by atoms with Crippen molar-refractivity contribution in [3.05, 3.63) is 24.3 Å². The van der Waals surface area contributed by atoms with E-state index in [1.165, 1.54) is 0 Å². The second kappa shape index (κ2) is 8.58. The van der Waals surface area contributed by atoms with E-state index in [2.05, 4.69) is 15.5 Å². The summed E-state index contributed by atoms with van der Waals surface area (Å²) >= 11 is 0. The van der Waals surface area contributed by atoms with Crippen LogP contribution in [0.15, 0.2) is 24.3 Å². The largest absolute Gasteiger partial charge is 0.481 e. The fraction of sp³-hybridized carbons (Fsp3) is 0.500. The molecule has 1 atom stereocenters. The van der Waals surface area contributed by atoms with E-state index in [-0.39, 0.29) is 30.6 Å². The number of rotatable bonds is 5. The van der Waals surface area contributed by atoms with Crippen molar-refractivity contribution in [1.82, 2.24) is 5.32 Å². The Labute approximate surface area is 163 Å². The fourth-order valence-electron chi connectivity index (χ4n) is 3.44. The van der Waals surface area contributed by atoms with E-state index in [0.29, 0.717) is 38.8 Å². The first-order valence-electron chi connectivity index (χ1n) is 8.74. The van der Waals surface area contributed by atoms with Crippen LogP contribution < -0.4 is 15.5 Å². The zero-order valence-electron chi connectivity index (χ0n) is 14.8. The van der Waals surface area contributed by atoms with Crippen molar-refractivity contribution >= 4 is 41.6 Å². The van der Waals surface area contributed by atoms with Crippen LogP contribution in [0.25, 0.3) is 0 Å². The molecule has 27 heavy (non-hydrogen) atoms. The molecule has 2 heterocycles. The molecular formula is C18H24ClN3O5. The van der Waals surface area contributed by atoms with E-state index in [9.17, 15) is 19.5 Å². The maximum Gasteiger partial charge on any atom is 0.306 e. The summed E-state index contributed by atoms with van der Waals surface area (Å²) in [6.45, 7) is 1.17. The molecular weight excluding hydrogens is 374 g/mol. The van der Waals surface area contributed by atoms with Crippen molar-refractivity contribution in [2.75, 3.05) is 23.3 Å². The van der Waals surface area contributed by atoms with Gasteiger partial charge in [-0.05, 0) is 43.5 Å². The number of piperidine rings is 2. The first kappa shape index (κ1) is 21.0. The van der Waals surface area contributed by atoms with E-state index < -0.39 is 17.6 Å². The molecule has 0 spiro atoms. The van der Waals surface area contributed by atoms with Crippen molar-refractivity contribution in [2.45, 2.75) is 43.7 Å². The summed E-state index contributed by atoms with van der Waals surface area (Å²) in [5.41, 5.74) is 0.647. The predicted molar refractivity (Wildman–Crippen MR) is 102 cm³/mol. The van der Waals surface area contributed by atoms with Gasteiger partial charge < -0.3 is 20.4 Å². The number of hydrogen-bond acceptors (Lipinski definition) is 6. The molecule has 2 saturated heterocycles. The van der Waals surface area contributed by atoms with E-state index in [0.717, 1.165) is 11.4 Å². The van der Waals surface area contributed by atoms with Gasteiger partial charge in [-0.1, -0.05) is 0 Å². The zero-order valence-corrected chi connectivity index (χ0v) is 15.6. The molecule has 0 radical (unpaired) electrons. The highest BCUT2D eigenvalue weighted by molar-refractivity contribution is 6.01. The Morgan fingerprint density at radius 2 is 1.85 bits per heavy atom. The average Bonchev–Trinajstić information content (AvgIpc) is 2.58. The lowest BCUT2D eigenvalue weighted by Crippen LogP contribution is -2.47. The molecule has 4 N–H and O–H groups in total. The van der Waals surface area contributed by atoms with Crippen molar-refractivity contribution in [2.24, 2.45) is 0 Å². The Balaban J connectivity index is 0.00000261. The average molecular weight is 398 g/mol. The number of carboxylic acids is 1. The van der Waals surface area contributed by atoms with Gasteiger partial charge in [-0.25, -0.2) is 0 Å². The minimum absolute atomic E-state index is 0. The number of nitrogens with zero attached hydrogens (tertiary/aromatic N) is 1. The Bertz CT molecular complexity index is 701. The van der Waals surface area contributed by atoms with Crippen molar-refractivity contribution in [1.29, 1.82) is 0 Å². The minimum Gasteiger partial charge on any atom is -0.481 e. The predicted octanol–water partition coefficient (Wildman–Crippen LogP) is 1.13. The Kier molecular flexibility index (Phi) is 6.67. The smallest absolute Gasteiger partial charge is 0.306 e. The number of carboxylic acid groups (broad SMARTS) is 1. The Morgan fingerprint density at radius 1 is 1.22 bits per heavy atom. The van der Waals surface area contributed by atoms with Gasteiger partial charge in [-0.15, -0.1) is 12.4 Å². The lowest BCUT2D eigenvalue weighted by atomic mass is 9.88. The fourth-order valence-corrected chi connectivity index (χ4v) is 3.44. The summed E-state index contributed by atoms with van der Waals surface area (Å²) in [6.07, 6.45) is 1.40. The van der Waals surface area contributed by atoms with Crippen molar-refractivity contribution in [3.63, 3.8) is 0 Å². The highest BCUT2D eigenvalue weighted by Gasteiger charge is 2.34. The van der Waals surface area contributed by atoms with Crippen LogP contribution in [0.1, 0.15) is 32.1 Å². The number of anilines is 2. The van der Waals surface area contributed by atoms with Crippen LogP contribution in [0.5, 0.6) is 0 Å². The van der Waals surface area contributed by atoms with E-state index in [4.69, 9.17) is 5.11 Å². The third-order valence-corrected chi connectivity index (χ3v) is 4.99. The number of imide groups is 1. The maximum atomic E-state index is 11.8. The van der Waals surface area contributed by atoms with Crippen molar-refractivity contribution in [3.8, 4) is 0 Å².